The Morgan fingerprint density at radius 1 is 1.30 bits per heavy atom. The number of hydrogen-bond donors (Lipinski definition) is 1. The normalized spacial score (nSPS) is 18.2. The molecule has 0 bridgehead atoms. The maximum atomic E-state index is 5.28. The van der Waals surface area contributed by atoms with Gasteiger partial charge in [0, 0.05) is 52.1 Å². The van der Waals surface area contributed by atoms with Crippen molar-refractivity contribution in [1.29, 1.82) is 0 Å². The molecule has 1 N–H and O–H groups in total. The molecule has 1 fully saturated rings. The highest BCUT2D eigenvalue weighted by Gasteiger charge is 2.20. The fraction of sp³-hybridized carbons (Fsp3) is 0.667. The molecule has 0 aliphatic carbocycles. The molecule has 20 heavy (non-hydrogen) atoms. The van der Waals surface area contributed by atoms with E-state index in [1.54, 1.807) is 7.11 Å². The molecular weight excluding hydrogens is 252 g/mol. The SMILES string of the molecule is CCNC(COC)CN1CCN(c2ccccn2)CC1. The second-order valence-electron chi connectivity index (χ2n) is 5.19. The van der Waals surface area contributed by atoms with Crippen molar-refractivity contribution in [1.82, 2.24) is 15.2 Å². The molecular formula is C15H26N4O. The summed E-state index contributed by atoms with van der Waals surface area (Å²) < 4.78 is 5.28. The predicted octanol–water partition coefficient (Wildman–Crippen LogP) is 0.828. The van der Waals surface area contributed by atoms with Crippen molar-refractivity contribution >= 4 is 5.82 Å². The minimum absolute atomic E-state index is 0.423. The Morgan fingerprint density at radius 2 is 2.10 bits per heavy atom. The highest BCUT2D eigenvalue weighted by Crippen LogP contribution is 2.12. The number of pyridine rings is 1. The van der Waals surface area contributed by atoms with E-state index in [4.69, 9.17) is 4.74 Å². The number of methoxy groups -OCH3 is 1. The number of likely N-dealkylation sites (N-methyl/N-ethyl adjacent to an activating group) is 1. The van der Waals surface area contributed by atoms with Gasteiger partial charge in [-0.2, -0.15) is 0 Å². The maximum Gasteiger partial charge on any atom is 0.128 e. The quantitative estimate of drug-likeness (QED) is 0.800. The number of anilines is 1. The number of piperazine rings is 1. The van der Waals surface area contributed by atoms with Gasteiger partial charge in [0.15, 0.2) is 0 Å². The topological polar surface area (TPSA) is 40.6 Å². The summed E-state index contributed by atoms with van der Waals surface area (Å²) in [5, 5.41) is 3.48. The zero-order chi connectivity index (χ0) is 14.2. The number of hydrogen-bond acceptors (Lipinski definition) is 5. The highest BCUT2D eigenvalue weighted by atomic mass is 16.5. The van der Waals surface area contributed by atoms with Crippen LogP contribution in [0, 0.1) is 0 Å². The van der Waals surface area contributed by atoms with Crippen LogP contribution in [-0.4, -0.2) is 68.9 Å². The van der Waals surface area contributed by atoms with Gasteiger partial charge in [-0.15, -0.1) is 0 Å². The molecule has 2 heterocycles. The van der Waals surface area contributed by atoms with Crippen molar-refractivity contribution in [3.05, 3.63) is 24.4 Å². The molecule has 0 aromatic carbocycles. The monoisotopic (exact) mass is 278 g/mol. The van der Waals surface area contributed by atoms with Crippen LogP contribution in [0.15, 0.2) is 24.4 Å². The number of ether oxygens (including phenoxy) is 1. The molecule has 2 rings (SSSR count). The average molecular weight is 278 g/mol. The van der Waals surface area contributed by atoms with Gasteiger partial charge >= 0.3 is 0 Å². The smallest absolute Gasteiger partial charge is 0.128 e. The number of aromatic nitrogens is 1. The van der Waals surface area contributed by atoms with Gasteiger partial charge in [-0.3, -0.25) is 4.90 Å². The molecule has 0 amide bonds. The van der Waals surface area contributed by atoms with E-state index in [-0.39, 0.29) is 0 Å². The number of nitrogens with zero attached hydrogens (tertiary/aromatic N) is 3. The third-order valence-electron chi connectivity index (χ3n) is 3.68. The molecule has 1 unspecified atom stereocenters. The molecule has 1 aliphatic rings. The molecule has 1 atom stereocenters. The molecule has 0 saturated carbocycles. The van der Waals surface area contributed by atoms with Gasteiger partial charge in [0.1, 0.15) is 5.82 Å². The van der Waals surface area contributed by atoms with E-state index in [2.05, 4.69) is 39.2 Å². The summed E-state index contributed by atoms with van der Waals surface area (Å²) in [5.74, 6) is 1.09. The number of rotatable bonds is 7. The molecule has 1 saturated heterocycles. The van der Waals surface area contributed by atoms with Crippen LogP contribution in [0.1, 0.15) is 6.92 Å². The third-order valence-corrected chi connectivity index (χ3v) is 3.68. The molecule has 0 spiro atoms. The van der Waals surface area contributed by atoms with Crippen LogP contribution in [0.4, 0.5) is 5.82 Å². The average Bonchev–Trinajstić information content (AvgIpc) is 2.49. The van der Waals surface area contributed by atoms with E-state index in [1.165, 1.54) is 0 Å². The van der Waals surface area contributed by atoms with Gasteiger partial charge in [-0.1, -0.05) is 13.0 Å². The summed E-state index contributed by atoms with van der Waals surface area (Å²) in [6.07, 6.45) is 1.86. The first kappa shape index (κ1) is 15.2. The second kappa shape index (κ2) is 8.19. The van der Waals surface area contributed by atoms with Crippen LogP contribution >= 0.6 is 0 Å². The Hall–Kier alpha value is -1.17. The molecule has 1 aromatic heterocycles. The second-order valence-corrected chi connectivity index (χ2v) is 5.19. The fourth-order valence-corrected chi connectivity index (χ4v) is 2.68. The predicted molar refractivity (Wildman–Crippen MR) is 82.2 cm³/mol. The van der Waals surface area contributed by atoms with Gasteiger partial charge in [0.25, 0.3) is 0 Å². The van der Waals surface area contributed by atoms with E-state index in [0.29, 0.717) is 6.04 Å². The lowest BCUT2D eigenvalue weighted by Gasteiger charge is -2.37. The van der Waals surface area contributed by atoms with Crippen LogP contribution in [0.5, 0.6) is 0 Å². The Kier molecular flexibility index (Phi) is 6.24. The largest absolute Gasteiger partial charge is 0.383 e. The minimum atomic E-state index is 0.423. The first-order valence-corrected chi connectivity index (χ1v) is 7.44. The third kappa shape index (κ3) is 4.44. The lowest BCUT2D eigenvalue weighted by molar-refractivity contribution is 0.136. The standard InChI is InChI=1S/C15H26N4O/c1-3-16-14(13-20-2)12-18-8-10-19(11-9-18)15-6-4-5-7-17-15/h4-7,14,16H,3,8-13H2,1-2H3. The van der Waals surface area contributed by atoms with Crippen molar-refractivity contribution in [2.45, 2.75) is 13.0 Å². The van der Waals surface area contributed by atoms with Crippen molar-refractivity contribution in [3.8, 4) is 0 Å². The molecule has 1 aromatic rings. The van der Waals surface area contributed by atoms with E-state index in [9.17, 15) is 0 Å². The Bertz CT molecular complexity index is 359. The van der Waals surface area contributed by atoms with Crippen LogP contribution in [0.2, 0.25) is 0 Å². The summed E-state index contributed by atoms with van der Waals surface area (Å²) in [5.41, 5.74) is 0. The van der Waals surface area contributed by atoms with Gasteiger partial charge in [0.05, 0.1) is 6.61 Å². The summed E-state index contributed by atoms with van der Waals surface area (Å²) >= 11 is 0. The molecule has 5 nitrogen and oxygen atoms in total. The summed E-state index contributed by atoms with van der Waals surface area (Å²) in [4.78, 5) is 9.28. The van der Waals surface area contributed by atoms with E-state index in [0.717, 1.165) is 51.7 Å². The lowest BCUT2D eigenvalue weighted by atomic mass is 10.2. The van der Waals surface area contributed by atoms with Crippen molar-refractivity contribution in [3.63, 3.8) is 0 Å². The molecule has 0 radical (unpaired) electrons. The van der Waals surface area contributed by atoms with Crippen LogP contribution in [0.3, 0.4) is 0 Å². The van der Waals surface area contributed by atoms with E-state index >= 15 is 0 Å². The molecule has 1 aliphatic heterocycles. The van der Waals surface area contributed by atoms with Gasteiger partial charge < -0.3 is 15.0 Å². The van der Waals surface area contributed by atoms with Crippen molar-refractivity contribution in [2.24, 2.45) is 0 Å². The number of nitrogens with one attached hydrogen (secondary N) is 1. The fourth-order valence-electron chi connectivity index (χ4n) is 2.68. The Labute approximate surface area is 121 Å². The minimum Gasteiger partial charge on any atom is -0.383 e. The van der Waals surface area contributed by atoms with Gasteiger partial charge in [-0.05, 0) is 18.7 Å². The van der Waals surface area contributed by atoms with Crippen LogP contribution in [0.25, 0.3) is 0 Å². The molecule has 5 heteroatoms. The first-order valence-electron chi connectivity index (χ1n) is 7.44. The van der Waals surface area contributed by atoms with Gasteiger partial charge in [0.2, 0.25) is 0 Å². The summed E-state index contributed by atoms with van der Waals surface area (Å²) in [7, 11) is 1.77. The Balaban J connectivity index is 1.79. The molecule has 112 valence electrons. The first-order chi connectivity index (χ1) is 9.83. The zero-order valence-electron chi connectivity index (χ0n) is 12.6. The van der Waals surface area contributed by atoms with Crippen LogP contribution < -0.4 is 10.2 Å². The van der Waals surface area contributed by atoms with E-state index < -0.39 is 0 Å². The zero-order valence-corrected chi connectivity index (χ0v) is 12.6. The summed E-state index contributed by atoms with van der Waals surface area (Å²) in [6, 6.07) is 6.52. The highest BCUT2D eigenvalue weighted by molar-refractivity contribution is 5.38. The summed E-state index contributed by atoms with van der Waals surface area (Å²) in [6.45, 7) is 9.21. The van der Waals surface area contributed by atoms with Crippen molar-refractivity contribution < 1.29 is 4.74 Å². The van der Waals surface area contributed by atoms with Gasteiger partial charge in [-0.25, -0.2) is 4.98 Å². The van der Waals surface area contributed by atoms with Crippen molar-refractivity contribution in [2.75, 3.05) is 57.9 Å². The van der Waals surface area contributed by atoms with E-state index in [1.807, 2.05) is 12.3 Å². The van der Waals surface area contributed by atoms with Crippen LogP contribution in [-0.2, 0) is 4.74 Å². The lowest BCUT2D eigenvalue weighted by Crippen LogP contribution is -2.52. The maximum absolute atomic E-state index is 5.28. The Morgan fingerprint density at radius 3 is 2.70 bits per heavy atom.